The first-order chi connectivity index (χ1) is 5.09. The topological polar surface area (TPSA) is 0 Å². The Morgan fingerprint density at radius 3 is 1.42 bits per heavy atom. The second-order valence-electron chi connectivity index (χ2n) is 3.16. The van der Waals surface area contributed by atoms with Gasteiger partial charge in [0.15, 0.2) is 0 Å². The van der Waals surface area contributed by atoms with Gasteiger partial charge in [0.2, 0.25) is 0 Å². The van der Waals surface area contributed by atoms with Crippen LogP contribution in [0.5, 0.6) is 0 Å². The summed E-state index contributed by atoms with van der Waals surface area (Å²) in [4.78, 5) is 0. The monoisotopic (exact) mass is 236 g/mol. The Morgan fingerprint density at radius 1 is 0.750 bits per heavy atom. The van der Waals surface area contributed by atoms with Crippen LogP contribution in [-0.4, -0.2) is 0 Å². The summed E-state index contributed by atoms with van der Waals surface area (Å²) in [5.41, 5.74) is 0. The number of benzene rings is 1. The predicted molar refractivity (Wildman–Crippen MR) is 31.6 cm³/mol. The summed E-state index contributed by atoms with van der Waals surface area (Å²) in [6.07, 6.45) is 0. The zero-order chi connectivity index (χ0) is 9.52. The molecule has 0 aliphatic heterocycles. The minimum absolute atomic E-state index is 0.403. The van der Waals surface area contributed by atoms with Gasteiger partial charge in [-0.2, -0.15) is 0 Å². The zero-order valence-electron chi connectivity index (χ0n) is 5.98. The third-order valence-electron chi connectivity index (χ3n) is 1.61. The molecule has 0 saturated heterocycles. The molecule has 0 aromatic heterocycles. The van der Waals surface area contributed by atoms with Gasteiger partial charge in [-0.15, -0.1) is 0 Å². The molecule has 0 saturated carbocycles. The minimum atomic E-state index is -10.5. The average Bonchev–Trinajstić information content (AvgIpc) is 1.85. The van der Waals surface area contributed by atoms with E-state index in [1.165, 1.54) is 6.07 Å². The number of halogens is 5. The standard InChI is InChI=1S/C6H5.5FH.Zn/c1-2-4-6-5-3-1;;;;;;/h1-5H;5*1H;/q;;;;;;+5/p-5. The fourth-order valence-electron chi connectivity index (χ4n) is 0.923. The van der Waals surface area contributed by atoms with E-state index < -0.39 is 19.1 Å². The van der Waals surface area contributed by atoms with E-state index in [2.05, 4.69) is 0 Å². The molecule has 0 unspecified atom stereocenters. The van der Waals surface area contributed by atoms with E-state index in [1.54, 1.807) is 0 Å². The van der Waals surface area contributed by atoms with Crippen molar-refractivity contribution >= 4 is 4.16 Å². The molecule has 0 aliphatic rings. The van der Waals surface area contributed by atoms with Crippen LogP contribution in [0.1, 0.15) is 0 Å². The van der Waals surface area contributed by atoms with Crippen LogP contribution in [0, 0.1) is 0 Å². The molecule has 0 heterocycles. The van der Waals surface area contributed by atoms with Crippen molar-refractivity contribution in [3.8, 4) is 0 Å². The van der Waals surface area contributed by atoms with Gasteiger partial charge in [-0.05, 0) is 0 Å². The van der Waals surface area contributed by atoms with Crippen molar-refractivity contribution in [3.63, 3.8) is 0 Å². The fourth-order valence-corrected chi connectivity index (χ4v) is 3.36. The van der Waals surface area contributed by atoms with E-state index >= 15 is 0 Å². The molecule has 12 heavy (non-hydrogen) atoms. The molecule has 0 aliphatic carbocycles. The van der Waals surface area contributed by atoms with Gasteiger partial charge in [-0.25, -0.2) is 0 Å². The Morgan fingerprint density at radius 2 is 1.17 bits per heavy atom. The quantitative estimate of drug-likeness (QED) is 0.520. The first-order valence-corrected chi connectivity index (χ1v) is 10.7. The SMILES string of the molecule is [F][Zn]([F])([F])([F])([F])[c]1ccccc1. The molecule has 0 amide bonds. The average molecular weight is 237 g/mol. The van der Waals surface area contributed by atoms with Gasteiger partial charge in [-0.3, -0.25) is 0 Å². The van der Waals surface area contributed by atoms with Crippen LogP contribution in [-0.2, 0) is 14.9 Å². The van der Waals surface area contributed by atoms with Crippen molar-refractivity contribution in [2.75, 3.05) is 0 Å². The summed E-state index contributed by atoms with van der Waals surface area (Å²) in [6, 6.07) is 3.96. The molecule has 1 aromatic rings. The molecule has 0 fully saturated rings. The van der Waals surface area contributed by atoms with Crippen LogP contribution >= 0.6 is 0 Å². The van der Waals surface area contributed by atoms with Gasteiger partial charge in [0, 0.05) is 0 Å². The fraction of sp³-hybridized carbons (Fsp3) is 0. The van der Waals surface area contributed by atoms with Crippen molar-refractivity contribution in [1.29, 1.82) is 0 Å². The van der Waals surface area contributed by atoms with E-state index in [1.807, 2.05) is 0 Å². The Kier molecular flexibility index (Phi) is 1.49. The second-order valence-corrected chi connectivity index (χ2v) is 11.9. The number of hydrogen-bond donors (Lipinski definition) is 0. The third-order valence-corrected chi connectivity index (χ3v) is 5.84. The predicted octanol–water partition coefficient (Wildman–Crippen LogP) is 2.96. The Labute approximate surface area is 66.5 Å². The third kappa shape index (κ3) is 2.24. The van der Waals surface area contributed by atoms with Crippen LogP contribution in [0.2, 0.25) is 0 Å². The van der Waals surface area contributed by atoms with Gasteiger partial charge >= 0.3 is 66.0 Å². The van der Waals surface area contributed by atoms with Gasteiger partial charge in [0.25, 0.3) is 0 Å². The molecule has 0 radical (unpaired) electrons. The van der Waals surface area contributed by atoms with E-state index in [9.17, 15) is 16.6 Å². The van der Waals surface area contributed by atoms with Crippen LogP contribution in [0.25, 0.3) is 0 Å². The van der Waals surface area contributed by atoms with Crippen molar-refractivity contribution < 1.29 is 31.5 Å². The van der Waals surface area contributed by atoms with Crippen LogP contribution in [0.4, 0.5) is 16.6 Å². The maximum atomic E-state index is 12.0. The van der Waals surface area contributed by atoms with Crippen molar-refractivity contribution in [2.24, 2.45) is 0 Å². The molecule has 0 nitrogen and oxygen atoms in total. The van der Waals surface area contributed by atoms with E-state index in [0.717, 1.165) is 12.1 Å². The normalized spacial score (nSPS) is 15.1. The first-order valence-electron chi connectivity index (χ1n) is 3.60. The zero-order valence-corrected chi connectivity index (χ0v) is 8.95. The Hall–Kier alpha value is -0.507. The summed E-state index contributed by atoms with van der Waals surface area (Å²) in [5, 5.41) is 0. The van der Waals surface area contributed by atoms with Crippen LogP contribution in [0.3, 0.4) is 0 Å². The first kappa shape index (κ1) is 9.58. The van der Waals surface area contributed by atoms with E-state index in [4.69, 9.17) is 0 Å². The molecule has 0 atom stereocenters. The maximum absolute atomic E-state index is 12.0. The number of hydrogen-bond acceptors (Lipinski definition) is 0. The molecule has 1 aromatic carbocycles. The summed E-state index contributed by atoms with van der Waals surface area (Å²) in [5.74, 6) is 0. The van der Waals surface area contributed by atoms with Crippen LogP contribution < -0.4 is 4.16 Å². The molecule has 1 rings (SSSR count). The van der Waals surface area contributed by atoms with Crippen molar-refractivity contribution in [3.05, 3.63) is 30.3 Å². The molecule has 0 spiro atoms. The Bertz CT molecular complexity index is 285. The molecule has 6 heteroatoms. The van der Waals surface area contributed by atoms with Gasteiger partial charge in [0.05, 0.1) is 0 Å². The number of rotatable bonds is 1. The van der Waals surface area contributed by atoms with Gasteiger partial charge in [-0.1, -0.05) is 0 Å². The van der Waals surface area contributed by atoms with Crippen molar-refractivity contribution in [2.45, 2.75) is 0 Å². The summed E-state index contributed by atoms with van der Waals surface area (Å²) in [6.45, 7) is 0. The molecule has 66 valence electrons. The van der Waals surface area contributed by atoms with Gasteiger partial charge < -0.3 is 0 Å². The summed E-state index contributed by atoms with van der Waals surface area (Å²) < 4.78 is 58.4. The molecular weight excluding hydrogens is 232 g/mol. The summed E-state index contributed by atoms with van der Waals surface area (Å²) >= 11 is -10.5. The van der Waals surface area contributed by atoms with E-state index in [0.29, 0.717) is 12.1 Å². The Balaban J connectivity index is 3.36. The molecule has 0 bridgehead atoms. The van der Waals surface area contributed by atoms with Crippen molar-refractivity contribution in [1.82, 2.24) is 0 Å². The van der Waals surface area contributed by atoms with Crippen LogP contribution in [0.15, 0.2) is 30.3 Å². The molecular formula is C6H5F5Zn. The second kappa shape index (κ2) is 1.87. The van der Waals surface area contributed by atoms with Gasteiger partial charge in [0.1, 0.15) is 0 Å². The molecule has 0 N–H and O–H groups in total. The van der Waals surface area contributed by atoms with E-state index in [-0.39, 0.29) is 0 Å². The summed E-state index contributed by atoms with van der Waals surface area (Å²) in [7, 11) is 0.